The molecular formula is C27H25N5O3. The Balaban J connectivity index is 1.21. The van der Waals surface area contributed by atoms with Gasteiger partial charge in [-0.3, -0.25) is 14.7 Å². The number of nitrogens with one attached hydrogen (secondary N) is 2. The van der Waals surface area contributed by atoms with Gasteiger partial charge in [-0.25, -0.2) is 0 Å². The molecule has 1 aromatic carbocycles. The average molecular weight is 468 g/mol. The van der Waals surface area contributed by atoms with Crippen LogP contribution in [0.4, 0.5) is 0 Å². The smallest absolute Gasteiger partial charge is 0.257 e. The summed E-state index contributed by atoms with van der Waals surface area (Å²) in [4.78, 5) is 29.2. The van der Waals surface area contributed by atoms with Crippen molar-refractivity contribution in [2.45, 2.75) is 43.5 Å². The van der Waals surface area contributed by atoms with Crippen molar-refractivity contribution >= 4 is 17.3 Å². The fourth-order valence-electron chi connectivity index (χ4n) is 6.05. The van der Waals surface area contributed by atoms with E-state index in [-0.39, 0.29) is 17.9 Å². The summed E-state index contributed by atoms with van der Waals surface area (Å²) >= 11 is 0. The van der Waals surface area contributed by atoms with E-state index in [0.29, 0.717) is 24.3 Å². The van der Waals surface area contributed by atoms with Gasteiger partial charge in [0.1, 0.15) is 6.04 Å². The van der Waals surface area contributed by atoms with Gasteiger partial charge in [0.05, 0.1) is 34.6 Å². The molecule has 1 saturated heterocycles. The summed E-state index contributed by atoms with van der Waals surface area (Å²) in [5.41, 5.74) is 5.05. The molecule has 8 heteroatoms. The number of aliphatic hydroxyl groups excluding tert-OH is 1. The number of likely N-dealkylation sites (tertiary alicyclic amines) is 1. The lowest BCUT2D eigenvalue weighted by Crippen LogP contribution is -2.49. The van der Waals surface area contributed by atoms with E-state index in [4.69, 9.17) is 0 Å². The van der Waals surface area contributed by atoms with Crippen molar-refractivity contribution in [1.82, 2.24) is 24.8 Å². The highest BCUT2D eigenvalue weighted by molar-refractivity contribution is 6.05. The predicted octanol–water partition coefficient (Wildman–Crippen LogP) is 2.71. The predicted molar refractivity (Wildman–Crippen MR) is 128 cm³/mol. The van der Waals surface area contributed by atoms with E-state index in [1.165, 1.54) is 0 Å². The van der Waals surface area contributed by atoms with Crippen molar-refractivity contribution < 1.29 is 14.7 Å². The lowest BCUT2D eigenvalue weighted by molar-refractivity contribution is -0.126. The van der Waals surface area contributed by atoms with Gasteiger partial charge in [0.15, 0.2) is 0 Å². The first-order valence-corrected chi connectivity index (χ1v) is 12.1. The highest BCUT2D eigenvalue weighted by Gasteiger charge is 2.56. The number of fused-ring (bicyclic) bond motifs is 3. The number of amides is 2. The van der Waals surface area contributed by atoms with Crippen LogP contribution in [-0.4, -0.2) is 54.6 Å². The van der Waals surface area contributed by atoms with Gasteiger partial charge in [-0.1, -0.05) is 30.3 Å². The zero-order chi connectivity index (χ0) is 23.7. The second-order valence-electron chi connectivity index (χ2n) is 9.85. The molecule has 2 aliphatic carbocycles. The normalized spacial score (nSPS) is 26.5. The van der Waals surface area contributed by atoms with E-state index in [2.05, 4.69) is 15.5 Å². The highest BCUT2D eigenvalue weighted by Crippen LogP contribution is 2.49. The maximum absolute atomic E-state index is 14.0. The topological polar surface area (TPSA) is 103 Å². The van der Waals surface area contributed by atoms with E-state index in [0.717, 1.165) is 34.5 Å². The van der Waals surface area contributed by atoms with Gasteiger partial charge in [0, 0.05) is 24.9 Å². The first kappa shape index (κ1) is 20.5. The largest absolute Gasteiger partial charge is 0.390 e. The zero-order valence-electron chi connectivity index (χ0n) is 19.0. The molecule has 1 aliphatic heterocycles. The lowest BCUT2D eigenvalue weighted by Gasteiger charge is -2.29. The molecule has 35 heavy (non-hydrogen) atoms. The molecule has 3 aliphatic rings. The summed E-state index contributed by atoms with van der Waals surface area (Å²) < 4.78 is 1.97. The molecule has 3 N–H and O–H groups in total. The Kier molecular flexibility index (Phi) is 4.41. The van der Waals surface area contributed by atoms with Gasteiger partial charge in [-0.2, -0.15) is 5.10 Å². The minimum absolute atomic E-state index is 0.0910. The van der Waals surface area contributed by atoms with Gasteiger partial charge < -0.3 is 19.7 Å². The number of carbonyl (C=O) groups excluding carboxylic acids is 2. The van der Waals surface area contributed by atoms with Gasteiger partial charge in [-0.15, -0.1) is 0 Å². The van der Waals surface area contributed by atoms with E-state index in [9.17, 15) is 14.7 Å². The Morgan fingerprint density at radius 2 is 1.94 bits per heavy atom. The van der Waals surface area contributed by atoms with Crippen LogP contribution in [0.25, 0.3) is 16.9 Å². The molecule has 2 fully saturated rings. The molecule has 1 saturated carbocycles. The standard InChI is InChI=1S/C27H25N5O3/c33-24-13-15-5-1-2-6-17(15)25(24)29-26(34)23-12-16-11-21(16)32(23)27(35)18-14-22(19-8-9-28-30-19)31-10-4-3-7-20(18)31/h1-10,14,16,21,23-25,33H,11-13H2,(H,28,30)(H,29,34)/t16?,21?,23-,24+,25-/m1/s1. The molecule has 0 bridgehead atoms. The van der Waals surface area contributed by atoms with Crippen molar-refractivity contribution in [2.75, 3.05) is 0 Å². The number of H-pyrrole nitrogens is 1. The van der Waals surface area contributed by atoms with Crippen LogP contribution in [-0.2, 0) is 11.2 Å². The van der Waals surface area contributed by atoms with Crippen molar-refractivity contribution in [3.05, 3.63) is 83.7 Å². The molecule has 4 heterocycles. The number of rotatable bonds is 4. The van der Waals surface area contributed by atoms with Crippen LogP contribution < -0.4 is 5.32 Å². The summed E-state index contributed by atoms with van der Waals surface area (Å²) in [5.74, 6) is 0.0389. The number of piperidine rings is 1. The monoisotopic (exact) mass is 467 g/mol. The fraction of sp³-hybridized carbons (Fsp3) is 0.296. The Hall–Kier alpha value is -3.91. The molecule has 5 atom stereocenters. The summed E-state index contributed by atoms with van der Waals surface area (Å²) in [5, 5.41) is 20.7. The quantitative estimate of drug-likeness (QED) is 0.429. The SMILES string of the molecule is O=C(N[C@@H]1c2ccccc2C[C@@H]1O)[C@H]1CC2CC2N1C(=O)c1cc(-c2ccn[nH]2)n2ccccc12. The molecular weight excluding hydrogens is 442 g/mol. The average Bonchev–Trinajstić information content (AvgIpc) is 3.30. The summed E-state index contributed by atoms with van der Waals surface area (Å²) in [6, 6.07) is 16.4. The van der Waals surface area contributed by atoms with Crippen LogP contribution in [0, 0.1) is 5.92 Å². The van der Waals surface area contributed by atoms with Crippen molar-refractivity contribution in [2.24, 2.45) is 5.92 Å². The Morgan fingerprint density at radius 1 is 1.09 bits per heavy atom. The van der Waals surface area contributed by atoms with E-state index in [1.54, 1.807) is 11.1 Å². The minimum Gasteiger partial charge on any atom is -0.390 e. The first-order valence-electron chi connectivity index (χ1n) is 12.1. The molecule has 0 spiro atoms. The number of aromatic nitrogens is 3. The summed E-state index contributed by atoms with van der Waals surface area (Å²) in [6.07, 6.45) is 5.06. The molecule has 3 aromatic heterocycles. The van der Waals surface area contributed by atoms with E-state index in [1.807, 2.05) is 65.2 Å². The maximum Gasteiger partial charge on any atom is 0.257 e. The second kappa shape index (κ2) is 7.55. The minimum atomic E-state index is -0.663. The number of pyridine rings is 1. The van der Waals surface area contributed by atoms with Crippen LogP contribution >= 0.6 is 0 Å². The van der Waals surface area contributed by atoms with Crippen LogP contribution in [0.5, 0.6) is 0 Å². The Labute approximate surface area is 201 Å². The van der Waals surface area contributed by atoms with Crippen molar-refractivity contribution in [3.8, 4) is 11.4 Å². The number of nitrogens with zero attached hydrogens (tertiary/aromatic N) is 3. The number of hydrogen-bond donors (Lipinski definition) is 3. The molecule has 2 amide bonds. The molecule has 7 rings (SSSR count). The number of benzene rings is 1. The molecule has 2 unspecified atom stereocenters. The molecule has 4 aromatic rings. The van der Waals surface area contributed by atoms with E-state index >= 15 is 0 Å². The van der Waals surface area contributed by atoms with Gasteiger partial charge >= 0.3 is 0 Å². The maximum atomic E-state index is 14.0. The van der Waals surface area contributed by atoms with Gasteiger partial charge in [-0.05, 0) is 54.2 Å². The first-order chi connectivity index (χ1) is 17.1. The highest BCUT2D eigenvalue weighted by atomic mass is 16.3. The second-order valence-corrected chi connectivity index (χ2v) is 9.85. The van der Waals surface area contributed by atoms with Crippen molar-refractivity contribution in [3.63, 3.8) is 0 Å². The van der Waals surface area contributed by atoms with Crippen LogP contribution in [0.2, 0.25) is 0 Å². The van der Waals surface area contributed by atoms with Crippen LogP contribution in [0.15, 0.2) is 67.0 Å². The Bertz CT molecular complexity index is 1460. The number of hydrogen-bond acceptors (Lipinski definition) is 4. The van der Waals surface area contributed by atoms with Gasteiger partial charge in [0.25, 0.3) is 5.91 Å². The number of aromatic amines is 1. The Morgan fingerprint density at radius 3 is 2.80 bits per heavy atom. The summed E-state index contributed by atoms with van der Waals surface area (Å²) in [6.45, 7) is 0. The van der Waals surface area contributed by atoms with Crippen LogP contribution in [0.1, 0.15) is 40.4 Å². The third kappa shape index (κ3) is 3.13. The molecule has 176 valence electrons. The number of carbonyl (C=O) groups is 2. The number of aliphatic hydroxyl groups is 1. The zero-order valence-corrected chi connectivity index (χ0v) is 19.0. The third-order valence-electron chi connectivity index (χ3n) is 7.83. The summed E-state index contributed by atoms with van der Waals surface area (Å²) in [7, 11) is 0. The third-order valence-corrected chi connectivity index (χ3v) is 7.83. The lowest BCUT2D eigenvalue weighted by atomic mass is 10.1. The molecule has 8 nitrogen and oxygen atoms in total. The van der Waals surface area contributed by atoms with Gasteiger partial charge in [0.2, 0.25) is 5.91 Å². The van der Waals surface area contributed by atoms with Crippen molar-refractivity contribution in [1.29, 1.82) is 0 Å². The van der Waals surface area contributed by atoms with E-state index < -0.39 is 18.2 Å². The van der Waals surface area contributed by atoms with Crippen LogP contribution in [0.3, 0.4) is 0 Å². The fourth-order valence-corrected chi connectivity index (χ4v) is 6.05. The molecule has 0 radical (unpaired) electrons.